The molecule has 1 atom stereocenters. The number of anilines is 2. The summed E-state index contributed by atoms with van der Waals surface area (Å²) in [5.74, 6) is 1.61. The lowest BCUT2D eigenvalue weighted by molar-refractivity contribution is -0.117. The number of nitrogens with one attached hydrogen (secondary N) is 1. The number of halogens is 1. The Hall–Kier alpha value is -1.99. The highest BCUT2D eigenvalue weighted by Crippen LogP contribution is 2.33. The molecule has 8 heteroatoms. The van der Waals surface area contributed by atoms with Crippen LogP contribution >= 0.6 is 11.6 Å². The maximum atomic E-state index is 12.6. The molecule has 0 bridgehead atoms. The molecule has 6 nitrogen and oxygen atoms in total. The topological polar surface area (TPSA) is 75.2 Å². The van der Waals surface area contributed by atoms with E-state index in [1.54, 1.807) is 17.0 Å². The Kier molecular flexibility index (Phi) is 5.88. The molecule has 0 spiro atoms. The number of fused-ring (bicyclic) bond motifs is 1. The molecular formula is C18H21ClN4O2S. The summed E-state index contributed by atoms with van der Waals surface area (Å²) in [6.45, 7) is 4.98. The predicted molar refractivity (Wildman–Crippen MR) is 104 cm³/mol. The van der Waals surface area contributed by atoms with Crippen molar-refractivity contribution in [3.63, 3.8) is 0 Å². The Balaban J connectivity index is 1.99. The number of amides is 1. The van der Waals surface area contributed by atoms with Gasteiger partial charge >= 0.3 is 0 Å². The van der Waals surface area contributed by atoms with Crippen molar-refractivity contribution in [3.05, 3.63) is 40.4 Å². The molecule has 2 aromatic rings. The van der Waals surface area contributed by atoms with Gasteiger partial charge < -0.3 is 5.32 Å². The summed E-state index contributed by atoms with van der Waals surface area (Å²) >= 11 is 5.94. The van der Waals surface area contributed by atoms with Crippen LogP contribution in [0.15, 0.2) is 29.4 Å². The number of rotatable bonds is 7. The lowest BCUT2D eigenvalue weighted by Gasteiger charge is -2.18. The van der Waals surface area contributed by atoms with Crippen LogP contribution in [-0.4, -0.2) is 32.4 Å². The second-order valence-corrected chi connectivity index (χ2v) is 7.92. The van der Waals surface area contributed by atoms with Crippen molar-refractivity contribution in [2.75, 3.05) is 22.5 Å². The standard InChI is InChI=1S/C18H21ClN4O2S/c1-3-9-26(25)18-21-16(20-4-2)14-10-15(24)23(17(14)22-18)11-12-5-7-13(19)8-6-12/h5-8H,3-4,9-11H2,1-2H3,(H,20,21,22). The predicted octanol–water partition coefficient (Wildman–Crippen LogP) is 3.17. The van der Waals surface area contributed by atoms with E-state index in [9.17, 15) is 9.00 Å². The maximum absolute atomic E-state index is 12.6. The molecule has 1 aromatic carbocycles. The molecule has 2 heterocycles. The minimum atomic E-state index is -1.28. The summed E-state index contributed by atoms with van der Waals surface area (Å²) in [7, 11) is -1.28. The van der Waals surface area contributed by atoms with Crippen LogP contribution in [0.3, 0.4) is 0 Å². The van der Waals surface area contributed by atoms with Gasteiger partial charge in [-0.05, 0) is 31.0 Å². The van der Waals surface area contributed by atoms with Gasteiger partial charge in [0.2, 0.25) is 11.1 Å². The van der Waals surface area contributed by atoms with E-state index in [1.807, 2.05) is 26.0 Å². The molecule has 0 radical (unpaired) electrons. The van der Waals surface area contributed by atoms with Crippen LogP contribution in [0.1, 0.15) is 31.4 Å². The number of hydrogen-bond donors (Lipinski definition) is 1. The van der Waals surface area contributed by atoms with Gasteiger partial charge in [0.15, 0.2) is 0 Å². The van der Waals surface area contributed by atoms with Crippen LogP contribution in [0.2, 0.25) is 5.02 Å². The van der Waals surface area contributed by atoms with Gasteiger partial charge in [0.25, 0.3) is 0 Å². The quantitative estimate of drug-likeness (QED) is 0.732. The van der Waals surface area contributed by atoms with Gasteiger partial charge in [0.1, 0.15) is 11.6 Å². The van der Waals surface area contributed by atoms with Gasteiger partial charge in [-0.2, -0.15) is 0 Å². The molecule has 0 saturated carbocycles. The van der Waals surface area contributed by atoms with Crippen molar-refractivity contribution in [2.24, 2.45) is 0 Å². The Labute approximate surface area is 160 Å². The fourth-order valence-electron chi connectivity index (χ4n) is 2.83. The molecule has 26 heavy (non-hydrogen) atoms. The lowest BCUT2D eigenvalue weighted by Crippen LogP contribution is -2.27. The summed E-state index contributed by atoms with van der Waals surface area (Å²) in [5.41, 5.74) is 1.72. The van der Waals surface area contributed by atoms with Crippen LogP contribution < -0.4 is 10.2 Å². The van der Waals surface area contributed by atoms with E-state index < -0.39 is 10.8 Å². The second-order valence-electron chi connectivity index (χ2n) is 6.02. The zero-order valence-electron chi connectivity index (χ0n) is 14.8. The molecule has 1 amide bonds. The largest absolute Gasteiger partial charge is 0.370 e. The van der Waals surface area contributed by atoms with E-state index in [2.05, 4.69) is 15.3 Å². The first-order chi connectivity index (χ1) is 12.5. The number of hydrogen-bond acceptors (Lipinski definition) is 5. The first-order valence-corrected chi connectivity index (χ1v) is 10.3. The Morgan fingerprint density at radius 2 is 1.96 bits per heavy atom. The molecule has 1 aliphatic heterocycles. The SMILES string of the molecule is CCCS(=O)c1nc(NCC)c2c(n1)N(Cc1ccc(Cl)cc1)C(=O)C2. The van der Waals surface area contributed by atoms with E-state index in [0.717, 1.165) is 17.5 Å². The minimum absolute atomic E-state index is 0.0400. The van der Waals surface area contributed by atoms with E-state index in [-0.39, 0.29) is 17.5 Å². The number of carbonyl (C=O) groups is 1. The number of carbonyl (C=O) groups excluding carboxylic acids is 1. The monoisotopic (exact) mass is 392 g/mol. The van der Waals surface area contributed by atoms with Crippen molar-refractivity contribution in [3.8, 4) is 0 Å². The van der Waals surface area contributed by atoms with Crippen molar-refractivity contribution in [1.82, 2.24) is 9.97 Å². The van der Waals surface area contributed by atoms with Gasteiger partial charge in [-0.15, -0.1) is 0 Å². The van der Waals surface area contributed by atoms with Gasteiger partial charge in [-0.3, -0.25) is 13.9 Å². The fourth-order valence-corrected chi connectivity index (χ4v) is 3.89. The third-order valence-electron chi connectivity index (χ3n) is 4.04. The zero-order chi connectivity index (χ0) is 18.7. The molecule has 1 aromatic heterocycles. The maximum Gasteiger partial charge on any atom is 0.233 e. The van der Waals surface area contributed by atoms with Crippen LogP contribution in [-0.2, 0) is 28.6 Å². The van der Waals surface area contributed by atoms with Crippen molar-refractivity contribution in [2.45, 2.75) is 38.4 Å². The Morgan fingerprint density at radius 1 is 1.23 bits per heavy atom. The molecule has 0 aliphatic carbocycles. The molecular weight excluding hydrogens is 372 g/mol. The van der Waals surface area contributed by atoms with Gasteiger partial charge in [-0.25, -0.2) is 9.97 Å². The average molecular weight is 393 g/mol. The Morgan fingerprint density at radius 3 is 2.62 bits per heavy atom. The van der Waals surface area contributed by atoms with Crippen LogP contribution in [0.4, 0.5) is 11.6 Å². The van der Waals surface area contributed by atoms with Gasteiger partial charge in [0.05, 0.1) is 23.8 Å². The van der Waals surface area contributed by atoms with E-state index >= 15 is 0 Å². The summed E-state index contributed by atoms with van der Waals surface area (Å²) < 4.78 is 12.4. The number of benzene rings is 1. The normalized spacial score (nSPS) is 14.4. The van der Waals surface area contributed by atoms with Crippen LogP contribution in [0.5, 0.6) is 0 Å². The van der Waals surface area contributed by atoms with Gasteiger partial charge in [-0.1, -0.05) is 30.7 Å². The van der Waals surface area contributed by atoms with E-state index in [0.29, 0.717) is 35.5 Å². The second kappa shape index (κ2) is 8.14. The highest BCUT2D eigenvalue weighted by Gasteiger charge is 2.33. The van der Waals surface area contributed by atoms with E-state index in [1.165, 1.54) is 0 Å². The summed E-state index contributed by atoms with van der Waals surface area (Å²) in [5, 5.41) is 4.10. The van der Waals surface area contributed by atoms with Gasteiger partial charge in [0, 0.05) is 22.9 Å². The minimum Gasteiger partial charge on any atom is -0.370 e. The first kappa shape index (κ1) is 18.8. The lowest BCUT2D eigenvalue weighted by atomic mass is 10.2. The van der Waals surface area contributed by atoms with Crippen LogP contribution in [0, 0.1) is 0 Å². The highest BCUT2D eigenvalue weighted by molar-refractivity contribution is 7.84. The first-order valence-electron chi connectivity index (χ1n) is 8.61. The molecule has 138 valence electrons. The smallest absolute Gasteiger partial charge is 0.233 e. The summed E-state index contributed by atoms with van der Waals surface area (Å²) in [6.07, 6.45) is 1.02. The fraction of sp³-hybridized carbons (Fsp3) is 0.389. The molecule has 1 unspecified atom stereocenters. The average Bonchev–Trinajstić information content (AvgIpc) is 2.93. The molecule has 1 aliphatic rings. The number of aromatic nitrogens is 2. The Bertz CT molecular complexity index is 842. The van der Waals surface area contributed by atoms with Crippen molar-refractivity contribution >= 4 is 39.9 Å². The molecule has 0 fully saturated rings. The molecule has 1 N–H and O–H groups in total. The molecule has 3 rings (SSSR count). The van der Waals surface area contributed by atoms with Crippen molar-refractivity contribution in [1.29, 1.82) is 0 Å². The van der Waals surface area contributed by atoms with Crippen LogP contribution in [0.25, 0.3) is 0 Å². The van der Waals surface area contributed by atoms with Crippen molar-refractivity contribution < 1.29 is 9.00 Å². The third kappa shape index (κ3) is 3.88. The summed E-state index contributed by atoms with van der Waals surface area (Å²) in [4.78, 5) is 23.1. The third-order valence-corrected chi connectivity index (χ3v) is 5.66. The number of nitrogens with zero attached hydrogens (tertiary/aromatic N) is 3. The highest BCUT2D eigenvalue weighted by atomic mass is 35.5. The zero-order valence-corrected chi connectivity index (χ0v) is 16.4. The van der Waals surface area contributed by atoms with E-state index in [4.69, 9.17) is 11.6 Å². The summed E-state index contributed by atoms with van der Waals surface area (Å²) in [6, 6.07) is 7.36. The molecule has 0 saturated heterocycles.